The van der Waals surface area contributed by atoms with E-state index in [1.165, 1.54) is 0 Å². The summed E-state index contributed by atoms with van der Waals surface area (Å²) in [6.45, 7) is 1.43. The zero-order valence-corrected chi connectivity index (χ0v) is 11.6. The summed E-state index contributed by atoms with van der Waals surface area (Å²) in [7, 11) is 0. The van der Waals surface area contributed by atoms with Crippen LogP contribution >= 0.6 is 0 Å². The molecular formula is C11H15F8N3. The van der Waals surface area contributed by atoms with Gasteiger partial charge in [-0.1, -0.05) is 26.2 Å². The topological polar surface area (TPSA) is 18.8 Å². The highest BCUT2D eigenvalue weighted by atomic mass is 19.4. The smallest absolute Gasteiger partial charge is 0.266 e. The van der Waals surface area contributed by atoms with E-state index in [4.69, 9.17) is 0 Å². The Bertz CT molecular complexity index is 390. The molecule has 11 heteroatoms. The molecule has 0 saturated heterocycles. The summed E-state index contributed by atoms with van der Waals surface area (Å²) in [4.78, 5) is -1.01. The number of nitrogens with zero attached hydrogens (tertiary/aromatic N) is 3. The molecule has 0 radical (unpaired) electrons. The lowest BCUT2D eigenvalue weighted by molar-refractivity contribution is -0.340. The van der Waals surface area contributed by atoms with Crippen LogP contribution < -0.4 is 0 Å². The number of alkyl halides is 8. The van der Waals surface area contributed by atoms with Gasteiger partial charge in [0.25, 0.3) is 0 Å². The van der Waals surface area contributed by atoms with Gasteiger partial charge in [0.2, 0.25) is 0 Å². The van der Waals surface area contributed by atoms with Crippen LogP contribution in [0.4, 0.5) is 35.1 Å². The van der Waals surface area contributed by atoms with Gasteiger partial charge in [-0.3, -0.25) is 5.01 Å². The number of unbranched alkanes of at least 4 members (excludes halogenated alkanes) is 3. The summed E-state index contributed by atoms with van der Waals surface area (Å²) in [5.74, 6) is -5.58. The third-order valence-corrected chi connectivity index (χ3v) is 3.11. The number of halogens is 8. The summed E-state index contributed by atoms with van der Waals surface area (Å²) in [5, 5.41) is 3.23. The van der Waals surface area contributed by atoms with Crippen LogP contribution in [0.2, 0.25) is 0 Å². The fraction of sp³-hybridized carbons (Fsp3) is 0.909. The first-order chi connectivity index (χ1) is 9.93. The molecule has 0 spiro atoms. The van der Waals surface area contributed by atoms with Crippen LogP contribution in [0.3, 0.4) is 0 Å². The molecule has 0 N–H and O–H groups in total. The minimum Gasteiger partial charge on any atom is -0.266 e. The van der Waals surface area contributed by atoms with Crippen molar-refractivity contribution < 1.29 is 35.1 Å². The van der Waals surface area contributed by atoms with Gasteiger partial charge in [0, 0.05) is 6.54 Å². The van der Waals surface area contributed by atoms with E-state index in [9.17, 15) is 35.1 Å². The van der Waals surface area contributed by atoms with E-state index in [2.05, 4.69) is 5.10 Å². The Labute approximate surface area is 121 Å². The Morgan fingerprint density at radius 1 is 0.955 bits per heavy atom. The Hall–Kier alpha value is -1.29. The quantitative estimate of drug-likeness (QED) is 0.410. The molecule has 1 rings (SSSR count). The van der Waals surface area contributed by atoms with Gasteiger partial charge in [-0.05, 0) is 6.42 Å². The molecule has 1 heterocycles. The van der Waals surface area contributed by atoms with Gasteiger partial charge in [0.05, 0.1) is 0 Å². The minimum absolute atomic E-state index is 0.0376. The second-order valence-corrected chi connectivity index (χ2v) is 4.82. The molecule has 130 valence electrons. The number of rotatable bonds is 6. The zero-order chi connectivity index (χ0) is 17.2. The maximum Gasteiger partial charge on any atom is 0.487 e. The zero-order valence-electron chi connectivity index (χ0n) is 11.6. The van der Waals surface area contributed by atoms with Crippen LogP contribution in [0, 0.1) is 0 Å². The van der Waals surface area contributed by atoms with Crippen molar-refractivity contribution in [1.29, 1.82) is 0 Å². The predicted molar refractivity (Wildman–Crippen MR) is 62.0 cm³/mol. The SMILES string of the molecule is CCCCCCN1N=CN(C(F)(F)F)C1C(F)(F)C(F)(F)F. The molecule has 3 nitrogen and oxygen atoms in total. The summed E-state index contributed by atoms with van der Waals surface area (Å²) < 4.78 is 102. The normalized spacial score (nSPS) is 20.1. The molecule has 0 saturated carbocycles. The lowest BCUT2D eigenvalue weighted by Crippen LogP contribution is -2.62. The Kier molecular flexibility index (Phi) is 5.50. The molecule has 1 unspecified atom stereocenters. The molecule has 0 aliphatic carbocycles. The minimum atomic E-state index is -6.11. The lowest BCUT2D eigenvalue weighted by Gasteiger charge is -2.37. The van der Waals surface area contributed by atoms with Gasteiger partial charge in [0.1, 0.15) is 6.34 Å². The maximum atomic E-state index is 13.5. The van der Waals surface area contributed by atoms with Gasteiger partial charge in [0.15, 0.2) is 6.17 Å². The standard InChI is InChI=1S/C11H15F8N3/c1-2-3-4-5-6-22-8(9(12,13)10(14,15)16)21(7-20-22)11(17,18)19/h7-8H,2-6H2,1H3. The third kappa shape index (κ3) is 3.92. The van der Waals surface area contributed by atoms with E-state index >= 15 is 0 Å². The van der Waals surface area contributed by atoms with E-state index in [1.807, 2.05) is 6.92 Å². The van der Waals surface area contributed by atoms with Crippen LogP contribution in [-0.4, -0.2) is 47.4 Å². The molecule has 1 atom stereocenters. The highest BCUT2D eigenvalue weighted by molar-refractivity contribution is 5.58. The van der Waals surface area contributed by atoms with Crippen molar-refractivity contribution in [3.05, 3.63) is 0 Å². The molecule has 0 aromatic rings. The molecule has 0 fully saturated rings. The first-order valence-electron chi connectivity index (χ1n) is 6.53. The fourth-order valence-electron chi connectivity index (χ4n) is 1.98. The lowest BCUT2D eigenvalue weighted by atomic mass is 10.2. The van der Waals surface area contributed by atoms with Crippen LogP contribution in [-0.2, 0) is 0 Å². The Morgan fingerprint density at radius 3 is 2.00 bits per heavy atom. The molecule has 0 amide bonds. The van der Waals surface area contributed by atoms with Crippen molar-refractivity contribution in [2.75, 3.05) is 6.54 Å². The molecule has 0 aromatic heterocycles. The van der Waals surface area contributed by atoms with Gasteiger partial charge in [-0.2, -0.15) is 27.1 Å². The molecule has 22 heavy (non-hydrogen) atoms. The Morgan fingerprint density at radius 2 is 1.55 bits per heavy atom. The first-order valence-corrected chi connectivity index (χ1v) is 6.53. The highest BCUT2D eigenvalue weighted by Gasteiger charge is 2.69. The second-order valence-electron chi connectivity index (χ2n) is 4.82. The van der Waals surface area contributed by atoms with E-state index in [0.717, 1.165) is 6.42 Å². The number of hydrogen-bond donors (Lipinski definition) is 0. The van der Waals surface area contributed by atoms with E-state index in [0.29, 0.717) is 12.8 Å². The van der Waals surface area contributed by atoms with Crippen molar-refractivity contribution in [3.8, 4) is 0 Å². The maximum absolute atomic E-state index is 13.5. The van der Waals surface area contributed by atoms with Crippen LogP contribution in [0.15, 0.2) is 5.10 Å². The van der Waals surface area contributed by atoms with Crippen LogP contribution in [0.1, 0.15) is 32.6 Å². The molecular weight excluding hydrogens is 326 g/mol. The van der Waals surface area contributed by atoms with Gasteiger partial charge in [-0.25, -0.2) is 4.90 Å². The molecule has 1 aliphatic heterocycles. The highest BCUT2D eigenvalue weighted by Crippen LogP contribution is 2.44. The van der Waals surface area contributed by atoms with Gasteiger partial charge < -0.3 is 0 Å². The average Bonchev–Trinajstić information content (AvgIpc) is 2.77. The van der Waals surface area contributed by atoms with Gasteiger partial charge >= 0.3 is 18.4 Å². The average molecular weight is 341 g/mol. The monoisotopic (exact) mass is 341 g/mol. The summed E-state index contributed by atoms with van der Waals surface area (Å²) in [6, 6.07) is 0. The number of hydrogen-bond acceptors (Lipinski definition) is 3. The van der Waals surface area contributed by atoms with E-state index in [-0.39, 0.29) is 17.8 Å². The summed E-state index contributed by atoms with van der Waals surface area (Å²) in [5.41, 5.74) is 0. The first kappa shape index (κ1) is 18.8. The summed E-state index contributed by atoms with van der Waals surface area (Å²) in [6.07, 6.45) is -12.7. The van der Waals surface area contributed by atoms with Crippen LogP contribution in [0.5, 0.6) is 0 Å². The van der Waals surface area contributed by atoms with Crippen molar-refractivity contribution in [1.82, 2.24) is 9.91 Å². The molecule has 1 aliphatic rings. The van der Waals surface area contributed by atoms with Crippen molar-refractivity contribution >= 4 is 6.34 Å². The van der Waals surface area contributed by atoms with Crippen molar-refractivity contribution in [3.63, 3.8) is 0 Å². The predicted octanol–water partition coefficient (Wildman–Crippen LogP) is 4.17. The second kappa shape index (κ2) is 6.45. The van der Waals surface area contributed by atoms with Crippen molar-refractivity contribution in [2.24, 2.45) is 5.10 Å². The molecule has 0 bridgehead atoms. The van der Waals surface area contributed by atoms with E-state index < -0.39 is 36.0 Å². The van der Waals surface area contributed by atoms with Gasteiger partial charge in [-0.15, -0.1) is 13.2 Å². The fourth-order valence-corrected chi connectivity index (χ4v) is 1.98. The van der Waals surface area contributed by atoms with Crippen molar-refractivity contribution in [2.45, 2.75) is 57.2 Å². The number of hydrazone groups is 1. The van der Waals surface area contributed by atoms with E-state index in [1.54, 1.807) is 0 Å². The largest absolute Gasteiger partial charge is 0.487 e. The third-order valence-electron chi connectivity index (χ3n) is 3.11. The Balaban J connectivity index is 2.95. The van der Waals surface area contributed by atoms with Crippen LogP contribution in [0.25, 0.3) is 0 Å². The summed E-state index contributed by atoms with van der Waals surface area (Å²) >= 11 is 0. The molecule has 0 aromatic carbocycles.